The third-order valence-electron chi connectivity index (χ3n) is 3.34. The van der Waals surface area contributed by atoms with Gasteiger partial charge in [-0.15, -0.1) is 0 Å². The van der Waals surface area contributed by atoms with Gasteiger partial charge in [-0.25, -0.2) is 14.9 Å². The van der Waals surface area contributed by atoms with Crippen LogP contribution in [0.15, 0.2) is 48.5 Å². The summed E-state index contributed by atoms with van der Waals surface area (Å²) in [7, 11) is 0. The number of rotatable bonds is 7. The topological polar surface area (TPSA) is 83.2 Å². The molecule has 0 aliphatic heterocycles. The normalized spacial score (nSPS) is 10.2. The van der Waals surface area contributed by atoms with Gasteiger partial charge >= 0.3 is 18.3 Å². The van der Waals surface area contributed by atoms with Crippen LogP contribution in [-0.2, 0) is 9.47 Å². The lowest BCUT2D eigenvalue weighted by molar-refractivity contribution is -0.508. The molecule has 0 aliphatic carbocycles. The van der Waals surface area contributed by atoms with Crippen LogP contribution in [0.4, 0.5) is 11.4 Å². The van der Waals surface area contributed by atoms with Crippen molar-refractivity contribution in [2.75, 3.05) is 13.2 Å². The molecule has 0 saturated heterocycles. The number of benzene rings is 2. The van der Waals surface area contributed by atoms with Gasteiger partial charge in [-0.2, -0.15) is 4.99 Å². The molecule has 0 amide bonds. The van der Waals surface area contributed by atoms with Gasteiger partial charge in [-0.3, -0.25) is 0 Å². The Hall–Kier alpha value is -2.70. The number of halogens is 1. The highest BCUT2D eigenvalue weighted by molar-refractivity contribution is 5.90. The summed E-state index contributed by atoms with van der Waals surface area (Å²) in [4.78, 5) is 26.3. The van der Waals surface area contributed by atoms with E-state index in [4.69, 9.17) is 9.47 Å². The summed E-state index contributed by atoms with van der Waals surface area (Å²) in [6, 6.07) is 14.2. The van der Waals surface area contributed by atoms with Crippen molar-refractivity contribution < 1.29 is 41.8 Å². The maximum absolute atomic E-state index is 11.6. The van der Waals surface area contributed by atoms with Crippen molar-refractivity contribution in [2.45, 2.75) is 13.8 Å². The standard InChI is InChI=1S/C19H20N2O4.ClH/c1-3-24-18(22)14-5-9-16(10-6-14)20-13-21-17-11-7-15(8-12-17)19(23)25-4-2;/h5-13H,3-4H2,1-2H3,(H,20,21);1H/p+1. The molecule has 0 bridgehead atoms. The zero-order valence-electron chi connectivity index (χ0n) is 14.7. The number of esters is 2. The summed E-state index contributed by atoms with van der Waals surface area (Å²) in [5, 5.41) is 1.88. The summed E-state index contributed by atoms with van der Waals surface area (Å²) in [6.45, 7) is 4.27. The van der Waals surface area contributed by atoms with Crippen molar-refractivity contribution in [3.8, 4) is 0 Å². The Balaban J connectivity index is 0.00000338. The number of hydrogen-bond donors (Lipinski definition) is 2. The van der Waals surface area contributed by atoms with Gasteiger partial charge in [-0.1, -0.05) is 0 Å². The summed E-state index contributed by atoms with van der Waals surface area (Å²) >= 11 is 0. The fourth-order valence-electron chi connectivity index (χ4n) is 2.10. The van der Waals surface area contributed by atoms with E-state index in [2.05, 4.69) is 4.99 Å². The van der Waals surface area contributed by atoms with Gasteiger partial charge in [0.15, 0.2) is 0 Å². The summed E-state index contributed by atoms with van der Waals surface area (Å²) in [5.41, 5.74) is 2.85. The van der Waals surface area contributed by atoms with Crippen LogP contribution in [0.25, 0.3) is 0 Å². The van der Waals surface area contributed by atoms with Crippen LogP contribution in [0.3, 0.4) is 0 Å². The number of ether oxygens (including phenoxy) is 2. The molecule has 0 fully saturated rings. The number of nitrogens with two attached hydrogens (primary N) is 1. The number of carbonyl (C=O) groups is 2. The van der Waals surface area contributed by atoms with Crippen molar-refractivity contribution in [3.05, 3.63) is 59.7 Å². The molecule has 2 aromatic carbocycles. The molecule has 2 rings (SSSR count). The number of hydrogen-bond acceptors (Lipinski definition) is 4. The van der Waals surface area contributed by atoms with E-state index in [9.17, 15) is 9.59 Å². The largest absolute Gasteiger partial charge is 1.00 e. The average molecular weight is 378 g/mol. The van der Waals surface area contributed by atoms with Crippen molar-refractivity contribution in [1.82, 2.24) is 0 Å². The van der Waals surface area contributed by atoms with Crippen LogP contribution in [0.1, 0.15) is 34.6 Å². The van der Waals surface area contributed by atoms with E-state index in [1.165, 1.54) is 0 Å². The molecule has 7 heteroatoms. The lowest BCUT2D eigenvalue weighted by atomic mass is 10.2. The summed E-state index contributed by atoms with van der Waals surface area (Å²) in [6.07, 6.45) is 1.79. The second-order valence-corrected chi connectivity index (χ2v) is 5.12. The van der Waals surface area contributed by atoms with E-state index >= 15 is 0 Å². The second-order valence-electron chi connectivity index (χ2n) is 5.12. The number of nitrogens with one attached hydrogen (secondary N) is 1. The third kappa shape index (κ3) is 6.31. The molecule has 0 spiro atoms. The second kappa shape index (κ2) is 11.0. The molecule has 2 aromatic rings. The maximum atomic E-state index is 11.6. The molecular weight excluding hydrogens is 356 g/mol. The van der Waals surface area contributed by atoms with E-state index in [0.717, 1.165) is 11.4 Å². The highest BCUT2D eigenvalue weighted by Crippen LogP contribution is 2.06. The molecule has 0 radical (unpaired) electrons. The fourth-order valence-corrected chi connectivity index (χ4v) is 2.10. The highest BCUT2D eigenvalue weighted by Gasteiger charge is 2.08. The molecule has 26 heavy (non-hydrogen) atoms. The van der Waals surface area contributed by atoms with Gasteiger partial charge in [0, 0.05) is 24.3 Å². The molecule has 0 heterocycles. The molecule has 0 saturated carbocycles. The van der Waals surface area contributed by atoms with Crippen LogP contribution < -0.4 is 22.7 Å². The lowest BCUT2D eigenvalue weighted by Gasteiger charge is -2.01. The first-order chi connectivity index (χ1) is 12.1. The first-order valence-corrected chi connectivity index (χ1v) is 8.11. The van der Waals surface area contributed by atoms with E-state index < -0.39 is 0 Å². The first-order valence-electron chi connectivity index (χ1n) is 8.11. The third-order valence-corrected chi connectivity index (χ3v) is 3.34. The Kier molecular flexibility index (Phi) is 9.05. The van der Waals surface area contributed by atoms with Crippen LogP contribution in [0, 0.1) is 0 Å². The van der Waals surface area contributed by atoms with Crippen molar-refractivity contribution in [2.24, 2.45) is 0 Å². The molecule has 0 unspecified atom stereocenters. The zero-order chi connectivity index (χ0) is 18.1. The van der Waals surface area contributed by atoms with Crippen LogP contribution in [-0.4, -0.2) is 31.5 Å². The minimum atomic E-state index is -0.328. The first kappa shape index (κ1) is 21.3. The minimum absolute atomic E-state index is 0. The van der Waals surface area contributed by atoms with E-state index in [0.29, 0.717) is 24.3 Å². The van der Waals surface area contributed by atoms with E-state index in [1.54, 1.807) is 56.6 Å². The van der Waals surface area contributed by atoms with Gasteiger partial charge in [0.1, 0.15) is 5.69 Å². The maximum Gasteiger partial charge on any atom is 0.338 e. The van der Waals surface area contributed by atoms with Crippen LogP contribution in [0.5, 0.6) is 0 Å². The predicted molar refractivity (Wildman–Crippen MR) is 93.1 cm³/mol. The Bertz CT molecular complexity index is 743. The Morgan fingerprint density at radius 2 is 1.35 bits per heavy atom. The van der Waals surface area contributed by atoms with Gasteiger partial charge in [-0.05, 0) is 38.1 Å². The molecule has 3 N–H and O–H groups in total. The molecular formula is C19H22ClN2O4+. The summed E-state index contributed by atoms with van der Waals surface area (Å²) in [5.74, 6) is -0.649. The van der Waals surface area contributed by atoms with E-state index in [1.807, 2.05) is 17.4 Å². The lowest BCUT2D eigenvalue weighted by Crippen LogP contribution is -3.00. The van der Waals surface area contributed by atoms with E-state index in [-0.39, 0.29) is 24.3 Å². The quantitative estimate of drug-likeness (QED) is 0.246. The van der Waals surface area contributed by atoms with Crippen molar-refractivity contribution >= 4 is 29.7 Å². The van der Waals surface area contributed by atoms with Gasteiger partial charge in [0.05, 0.1) is 24.3 Å². The van der Waals surface area contributed by atoms with Crippen molar-refractivity contribution in [3.63, 3.8) is 0 Å². The zero-order valence-corrected chi connectivity index (χ0v) is 15.5. The highest BCUT2D eigenvalue weighted by atomic mass is 35.5. The molecule has 0 aromatic heterocycles. The Labute approximate surface area is 158 Å². The molecule has 0 aliphatic rings. The Morgan fingerprint density at radius 1 is 0.885 bits per heavy atom. The molecule has 6 nitrogen and oxygen atoms in total. The van der Waals surface area contributed by atoms with Crippen molar-refractivity contribution in [1.29, 1.82) is 0 Å². The smallest absolute Gasteiger partial charge is 0.338 e. The Morgan fingerprint density at radius 3 is 1.81 bits per heavy atom. The van der Waals surface area contributed by atoms with Crippen LogP contribution >= 0.6 is 0 Å². The van der Waals surface area contributed by atoms with Crippen LogP contribution in [0.2, 0.25) is 0 Å². The average Bonchev–Trinajstić information content (AvgIpc) is 2.63. The van der Waals surface area contributed by atoms with Gasteiger partial charge in [0.2, 0.25) is 5.69 Å². The SMILES string of the molecule is CCOC(=O)c1ccc([NH+]=C[NH2+]c2ccc(C(=O)OCC)cc2)cc1.[Cl-]. The molecule has 0 atom stereocenters. The number of carbonyl (C=O) groups excluding carboxylic acids is 2. The molecule has 138 valence electrons. The minimum Gasteiger partial charge on any atom is -1.00 e. The fraction of sp³-hybridized carbons (Fsp3) is 0.211. The number of quaternary nitrogens is 1. The summed E-state index contributed by atoms with van der Waals surface area (Å²) < 4.78 is 9.89. The predicted octanol–water partition coefficient (Wildman–Crippen LogP) is -2.32. The van der Waals surface area contributed by atoms with Gasteiger partial charge < -0.3 is 21.9 Å². The van der Waals surface area contributed by atoms with Gasteiger partial charge in [0.25, 0.3) is 0 Å². The monoisotopic (exact) mass is 377 g/mol.